The number of carbonyl (C=O) groups is 2. The second kappa shape index (κ2) is 10.1. The Morgan fingerprint density at radius 2 is 1.76 bits per heavy atom. The first-order valence-corrected chi connectivity index (χ1v) is 11.7. The Morgan fingerprint density at radius 3 is 2.37 bits per heavy atom. The van der Waals surface area contributed by atoms with Gasteiger partial charge in [0.05, 0.1) is 37.6 Å². The van der Waals surface area contributed by atoms with Gasteiger partial charge in [-0.2, -0.15) is 13.3 Å². The van der Waals surface area contributed by atoms with Gasteiger partial charge in [-0.1, -0.05) is 6.07 Å². The predicted octanol–water partition coefficient (Wildman–Crippen LogP) is 0.561. The van der Waals surface area contributed by atoms with Gasteiger partial charge in [0.15, 0.2) is 0 Å². The van der Waals surface area contributed by atoms with Crippen LogP contribution in [0.1, 0.15) is 0 Å². The summed E-state index contributed by atoms with van der Waals surface area (Å²) in [6, 6.07) is 9.02. The summed E-state index contributed by atoms with van der Waals surface area (Å²) in [6.07, 6.45) is -3.38. The molecule has 4 heterocycles. The molecule has 1 saturated heterocycles. The van der Waals surface area contributed by atoms with Crippen LogP contribution >= 0.6 is 0 Å². The molecular weight excluding hydrogens is 511 g/mol. The summed E-state index contributed by atoms with van der Waals surface area (Å²) < 4.78 is 48.6. The monoisotopic (exact) mass is 533 g/mol. The van der Waals surface area contributed by atoms with E-state index in [1.807, 2.05) is 5.32 Å². The zero-order chi connectivity index (χ0) is 27.0. The van der Waals surface area contributed by atoms with Gasteiger partial charge in [-0.25, -0.2) is 33.1 Å². The third-order valence-corrected chi connectivity index (χ3v) is 6.32. The molecular formula is C23H22F3N7O5. The van der Waals surface area contributed by atoms with E-state index in [1.165, 1.54) is 27.7 Å². The SMILES string of the molecule is O=C(NCC1CN(c2ccc(N3CCn4c(=O)n(-c5ccccn5)c(=O)n4CC3)c(F)c2)C(=O)O1)C(F)F. The number of amides is 2. The quantitative estimate of drug-likeness (QED) is 0.491. The van der Waals surface area contributed by atoms with Crippen molar-refractivity contribution in [2.75, 3.05) is 36.0 Å². The number of nitrogens with zero attached hydrogens (tertiary/aromatic N) is 6. The van der Waals surface area contributed by atoms with E-state index < -0.39 is 41.7 Å². The molecule has 1 atom stereocenters. The maximum atomic E-state index is 15.2. The van der Waals surface area contributed by atoms with Crippen molar-refractivity contribution in [1.82, 2.24) is 24.2 Å². The summed E-state index contributed by atoms with van der Waals surface area (Å²) in [5.74, 6) is -1.90. The molecule has 0 radical (unpaired) electrons. The van der Waals surface area contributed by atoms with E-state index in [0.717, 1.165) is 15.5 Å². The molecule has 0 spiro atoms. The first-order chi connectivity index (χ1) is 18.2. The normalized spacial score (nSPS) is 17.4. The van der Waals surface area contributed by atoms with Crippen LogP contribution in [0.3, 0.4) is 0 Å². The summed E-state index contributed by atoms with van der Waals surface area (Å²) in [5.41, 5.74) is -0.684. The summed E-state index contributed by atoms with van der Waals surface area (Å²) >= 11 is 0. The van der Waals surface area contributed by atoms with E-state index in [9.17, 15) is 28.0 Å². The lowest BCUT2D eigenvalue weighted by atomic mass is 10.2. The highest BCUT2D eigenvalue weighted by Gasteiger charge is 2.34. The molecule has 2 amide bonds. The third-order valence-electron chi connectivity index (χ3n) is 6.32. The number of ether oxygens (including phenoxy) is 1. The molecule has 1 N–H and O–H groups in total. The minimum absolute atomic E-state index is 0.0637. The fourth-order valence-electron chi connectivity index (χ4n) is 4.47. The number of nitrogens with one attached hydrogen (secondary N) is 1. The highest BCUT2D eigenvalue weighted by atomic mass is 19.3. The molecule has 3 aromatic rings. The zero-order valence-corrected chi connectivity index (χ0v) is 19.8. The Kier molecular flexibility index (Phi) is 6.65. The van der Waals surface area contributed by atoms with Crippen LogP contribution < -0.4 is 26.5 Å². The van der Waals surface area contributed by atoms with Crippen molar-refractivity contribution < 1.29 is 27.5 Å². The standard InChI is InChI=1S/C23H22F3N7O5/c24-16-11-14(30-13-15(38-23(30)37)12-28-20(34)19(25)26)4-5-17(16)29-7-9-31-21(35)33(18-3-1-2-6-27-18)22(36)32(31)10-8-29/h1-6,11,15,19H,7-10,12-13H2,(H,28,34). The molecule has 5 rings (SSSR count). The summed E-state index contributed by atoms with van der Waals surface area (Å²) in [7, 11) is 0. The third kappa shape index (κ3) is 4.62. The maximum absolute atomic E-state index is 15.2. The van der Waals surface area contributed by atoms with E-state index in [1.54, 1.807) is 23.1 Å². The molecule has 2 aliphatic rings. The number of hydrogen-bond donors (Lipinski definition) is 1. The van der Waals surface area contributed by atoms with Crippen molar-refractivity contribution >= 4 is 23.4 Å². The number of halogens is 3. The van der Waals surface area contributed by atoms with Gasteiger partial charge in [0.2, 0.25) is 0 Å². The van der Waals surface area contributed by atoms with Crippen LogP contribution in [-0.4, -0.2) is 69.6 Å². The molecule has 0 saturated carbocycles. The van der Waals surface area contributed by atoms with Gasteiger partial charge < -0.3 is 15.0 Å². The molecule has 1 fully saturated rings. The summed E-state index contributed by atoms with van der Waals surface area (Å²) in [6.45, 7) is 0.353. The van der Waals surface area contributed by atoms with Gasteiger partial charge >= 0.3 is 23.9 Å². The molecule has 2 aromatic heterocycles. The molecule has 1 unspecified atom stereocenters. The highest BCUT2D eigenvalue weighted by molar-refractivity contribution is 5.90. The average Bonchev–Trinajstić information content (AvgIpc) is 3.27. The van der Waals surface area contributed by atoms with Crippen LogP contribution in [0.25, 0.3) is 5.82 Å². The molecule has 0 bridgehead atoms. The van der Waals surface area contributed by atoms with Crippen LogP contribution in [-0.2, 0) is 22.6 Å². The van der Waals surface area contributed by atoms with Crippen molar-refractivity contribution in [2.24, 2.45) is 0 Å². The highest BCUT2D eigenvalue weighted by Crippen LogP contribution is 2.28. The van der Waals surface area contributed by atoms with Gasteiger partial charge in [0.25, 0.3) is 5.91 Å². The summed E-state index contributed by atoms with van der Waals surface area (Å²) in [4.78, 5) is 56.0. The smallest absolute Gasteiger partial charge is 0.414 e. The fraction of sp³-hybridized carbons (Fsp3) is 0.348. The number of cyclic esters (lactones) is 1. The number of rotatable bonds is 6. The van der Waals surface area contributed by atoms with Crippen LogP contribution in [0.5, 0.6) is 0 Å². The number of benzene rings is 1. The topological polar surface area (TPSA) is 124 Å². The second-order valence-electron chi connectivity index (χ2n) is 8.62. The van der Waals surface area contributed by atoms with E-state index in [0.29, 0.717) is 0 Å². The van der Waals surface area contributed by atoms with Crippen LogP contribution in [0.15, 0.2) is 52.2 Å². The lowest BCUT2D eigenvalue weighted by Gasteiger charge is -2.23. The van der Waals surface area contributed by atoms with Gasteiger partial charge in [-0.05, 0) is 30.3 Å². The van der Waals surface area contributed by atoms with E-state index >= 15 is 4.39 Å². The van der Waals surface area contributed by atoms with Crippen LogP contribution in [0.4, 0.5) is 29.3 Å². The Labute approximate surface area is 212 Å². The first kappa shape index (κ1) is 25.1. The van der Waals surface area contributed by atoms with Gasteiger partial charge in [-0.3, -0.25) is 9.69 Å². The Balaban J connectivity index is 1.29. The Bertz CT molecular complexity index is 1450. The van der Waals surface area contributed by atoms with Crippen LogP contribution in [0, 0.1) is 5.82 Å². The predicted molar refractivity (Wildman–Crippen MR) is 127 cm³/mol. The van der Waals surface area contributed by atoms with Crippen molar-refractivity contribution in [3.63, 3.8) is 0 Å². The van der Waals surface area contributed by atoms with Gasteiger partial charge in [0.1, 0.15) is 17.7 Å². The molecule has 200 valence electrons. The number of alkyl halides is 2. The number of hydrogen-bond acceptors (Lipinski definition) is 7. The van der Waals surface area contributed by atoms with E-state index in [2.05, 4.69) is 4.98 Å². The van der Waals surface area contributed by atoms with Gasteiger partial charge in [0, 0.05) is 19.3 Å². The minimum atomic E-state index is -3.19. The number of aromatic nitrogens is 4. The lowest BCUT2D eigenvalue weighted by Crippen LogP contribution is -2.37. The number of carbonyl (C=O) groups excluding carboxylic acids is 2. The minimum Gasteiger partial charge on any atom is -0.442 e. The second-order valence-corrected chi connectivity index (χ2v) is 8.62. The van der Waals surface area contributed by atoms with Crippen LogP contribution in [0.2, 0.25) is 0 Å². The molecule has 0 aliphatic carbocycles. The van der Waals surface area contributed by atoms with E-state index in [4.69, 9.17) is 4.74 Å². The Morgan fingerprint density at radius 1 is 1.05 bits per heavy atom. The van der Waals surface area contributed by atoms with Gasteiger partial charge in [-0.15, -0.1) is 0 Å². The molecule has 38 heavy (non-hydrogen) atoms. The molecule has 2 aliphatic heterocycles. The summed E-state index contributed by atoms with van der Waals surface area (Å²) in [5, 5.41) is 1.98. The fourth-order valence-corrected chi connectivity index (χ4v) is 4.47. The lowest BCUT2D eigenvalue weighted by molar-refractivity contribution is -0.132. The van der Waals surface area contributed by atoms with Crippen molar-refractivity contribution in [3.8, 4) is 5.82 Å². The van der Waals surface area contributed by atoms with Crippen molar-refractivity contribution in [3.05, 3.63) is 69.4 Å². The maximum Gasteiger partial charge on any atom is 0.414 e. The van der Waals surface area contributed by atoms with E-state index in [-0.39, 0.29) is 56.5 Å². The average molecular weight is 533 g/mol. The van der Waals surface area contributed by atoms with Crippen molar-refractivity contribution in [1.29, 1.82) is 0 Å². The molecule has 1 aromatic carbocycles. The molecule has 12 nitrogen and oxygen atoms in total. The number of anilines is 2. The molecule has 15 heteroatoms. The number of fused-ring (bicyclic) bond motifs is 1. The number of pyridine rings is 1. The zero-order valence-electron chi connectivity index (χ0n) is 19.8. The first-order valence-electron chi connectivity index (χ1n) is 11.7. The van der Waals surface area contributed by atoms with Crippen molar-refractivity contribution in [2.45, 2.75) is 25.6 Å². The Hall–Kier alpha value is -4.56. The largest absolute Gasteiger partial charge is 0.442 e.